The topological polar surface area (TPSA) is 74.6 Å². The minimum absolute atomic E-state index is 0.413. The summed E-state index contributed by atoms with van der Waals surface area (Å²) >= 11 is 1.34. The van der Waals surface area contributed by atoms with E-state index < -0.39 is 23.8 Å². The number of carboxylic acid groups (broad SMARTS) is 2. The number of carboxylic acids is 2. The van der Waals surface area contributed by atoms with E-state index in [0.29, 0.717) is 17.7 Å². The molecule has 0 amide bonds. The van der Waals surface area contributed by atoms with Crippen LogP contribution in [0.1, 0.15) is 22.8 Å². The van der Waals surface area contributed by atoms with Crippen LogP contribution in [0, 0.1) is 5.92 Å². The van der Waals surface area contributed by atoms with E-state index in [-0.39, 0.29) is 0 Å². The van der Waals surface area contributed by atoms with Gasteiger partial charge in [0.25, 0.3) is 0 Å². The molecule has 80 valence electrons. The molecule has 2 atom stereocenters. The summed E-state index contributed by atoms with van der Waals surface area (Å²) in [7, 11) is 0. The molecule has 1 aromatic heterocycles. The molecule has 0 bridgehead atoms. The van der Waals surface area contributed by atoms with Crippen LogP contribution in [0.5, 0.6) is 0 Å². The van der Waals surface area contributed by atoms with Gasteiger partial charge in [0.1, 0.15) is 5.92 Å². The van der Waals surface area contributed by atoms with Gasteiger partial charge in [0.2, 0.25) is 0 Å². The van der Waals surface area contributed by atoms with Crippen LogP contribution in [0.4, 0.5) is 0 Å². The first-order valence-corrected chi connectivity index (χ1v) is 5.51. The van der Waals surface area contributed by atoms with Crippen LogP contribution < -0.4 is 0 Å². The zero-order chi connectivity index (χ0) is 11.0. The second-order valence-corrected chi connectivity index (χ2v) is 4.56. The van der Waals surface area contributed by atoms with Crippen LogP contribution in [-0.4, -0.2) is 22.2 Å². The van der Waals surface area contributed by atoms with E-state index in [1.54, 1.807) is 0 Å². The Hall–Kier alpha value is -1.36. The van der Waals surface area contributed by atoms with Crippen molar-refractivity contribution in [1.29, 1.82) is 0 Å². The van der Waals surface area contributed by atoms with Crippen LogP contribution in [0.25, 0.3) is 0 Å². The zero-order valence-electron chi connectivity index (χ0n) is 7.84. The van der Waals surface area contributed by atoms with Gasteiger partial charge in [-0.15, -0.1) is 11.3 Å². The molecule has 1 heterocycles. The molecule has 2 N–H and O–H groups in total. The van der Waals surface area contributed by atoms with Crippen LogP contribution in [0.15, 0.2) is 11.4 Å². The lowest BCUT2D eigenvalue weighted by Gasteiger charge is -2.25. The van der Waals surface area contributed by atoms with Crippen LogP contribution in [-0.2, 0) is 16.0 Å². The van der Waals surface area contributed by atoms with E-state index in [1.165, 1.54) is 11.3 Å². The lowest BCUT2D eigenvalue weighted by molar-refractivity contribution is -0.150. The minimum Gasteiger partial charge on any atom is -0.481 e. The SMILES string of the molecule is O=C(O)C1CCc2ccsc2C1C(=O)O. The van der Waals surface area contributed by atoms with Gasteiger partial charge in [0.15, 0.2) is 0 Å². The molecule has 0 radical (unpaired) electrons. The zero-order valence-corrected chi connectivity index (χ0v) is 8.66. The molecule has 5 heteroatoms. The molecular weight excluding hydrogens is 216 g/mol. The molecule has 0 saturated heterocycles. The number of carbonyl (C=O) groups is 2. The molecule has 1 aromatic rings. The maximum Gasteiger partial charge on any atom is 0.312 e. The normalized spacial score (nSPS) is 24.5. The highest BCUT2D eigenvalue weighted by Crippen LogP contribution is 2.39. The number of fused-ring (bicyclic) bond motifs is 1. The van der Waals surface area contributed by atoms with Gasteiger partial charge in [-0.1, -0.05) is 0 Å². The summed E-state index contributed by atoms with van der Waals surface area (Å²) < 4.78 is 0. The van der Waals surface area contributed by atoms with Gasteiger partial charge in [-0.05, 0) is 29.9 Å². The van der Waals surface area contributed by atoms with Gasteiger partial charge in [-0.3, -0.25) is 9.59 Å². The third kappa shape index (κ3) is 1.63. The predicted octanol–water partition coefficient (Wildman–Crippen LogP) is 1.56. The summed E-state index contributed by atoms with van der Waals surface area (Å²) in [5.74, 6) is -3.70. The summed E-state index contributed by atoms with van der Waals surface area (Å²) in [5, 5.41) is 19.9. The first kappa shape index (κ1) is 10.2. The maximum absolute atomic E-state index is 11.1. The van der Waals surface area contributed by atoms with E-state index in [1.807, 2.05) is 11.4 Å². The Morgan fingerprint density at radius 2 is 2.07 bits per heavy atom. The Labute approximate surface area is 90.2 Å². The van der Waals surface area contributed by atoms with E-state index >= 15 is 0 Å². The molecule has 0 fully saturated rings. The first-order chi connectivity index (χ1) is 7.11. The van der Waals surface area contributed by atoms with Crippen molar-refractivity contribution in [2.45, 2.75) is 18.8 Å². The largest absolute Gasteiger partial charge is 0.481 e. The highest BCUT2D eigenvalue weighted by atomic mass is 32.1. The lowest BCUT2D eigenvalue weighted by atomic mass is 9.80. The van der Waals surface area contributed by atoms with Crippen molar-refractivity contribution in [2.75, 3.05) is 0 Å². The molecule has 2 rings (SSSR count). The van der Waals surface area contributed by atoms with Crippen molar-refractivity contribution < 1.29 is 19.8 Å². The fourth-order valence-electron chi connectivity index (χ4n) is 2.04. The Morgan fingerprint density at radius 1 is 1.33 bits per heavy atom. The molecule has 0 aliphatic heterocycles. The van der Waals surface area contributed by atoms with Crippen LogP contribution in [0.2, 0.25) is 0 Å². The predicted molar refractivity (Wildman–Crippen MR) is 54.1 cm³/mol. The average Bonchev–Trinajstić information content (AvgIpc) is 2.62. The number of thiophene rings is 1. The number of aliphatic carboxylic acids is 2. The van der Waals surface area contributed by atoms with Gasteiger partial charge in [0.05, 0.1) is 5.92 Å². The second-order valence-electron chi connectivity index (χ2n) is 3.61. The molecule has 0 spiro atoms. The third-order valence-electron chi connectivity index (χ3n) is 2.77. The molecule has 2 unspecified atom stereocenters. The average molecular weight is 226 g/mol. The molecule has 1 aliphatic rings. The van der Waals surface area contributed by atoms with Crippen molar-refractivity contribution in [3.8, 4) is 0 Å². The Bertz CT molecular complexity index is 409. The number of hydrogen-bond donors (Lipinski definition) is 2. The smallest absolute Gasteiger partial charge is 0.312 e. The van der Waals surface area contributed by atoms with E-state index in [0.717, 1.165) is 5.56 Å². The standard InChI is InChI=1S/C10H10O4S/c11-9(12)6-2-1-5-3-4-15-8(5)7(6)10(13)14/h3-4,6-7H,1-2H2,(H,11,12)(H,13,14). The first-order valence-electron chi connectivity index (χ1n) is 4.63. The van der Waals surface area contributed by atoms with Crippen LogP contribution >= 0.6 is 11.3 Å². The van der Waals surface area contributed by atoms with Crippen LogP contribution in [0.3, 0.4) is 0 Å². The molecule has 0 saturated carbocycles. The van der Waals surface area contributed by atoms with Gasteiger partial charge >= 0.3 is 11.9 Å². The van der Waals surface area contributed by atoms with Gasteiger partial charge < -0.3 is 10.2 Å². The highest BCUT2D eigenvalue weighted by Gasteiger charge is 2.39. The number of rotatable bonds is 2. The van der Waals surface area contributed by atoms with E-state index in [9.17, 15) is 9.59 Å². The molecule has 1 aliphatic carbocycles. The molecule has 15 heavy (non-hydrogen) atoms. The van der Waals surface area contributed by atoms with Crippen molar-refractivity contribution in [3.05, 3.63) is 21.9 Å². The maximum atomic E-state index is 11.1. The molecule has 4 nitrogen and oxygen atoms in total. The molecular formula is C10H10O4S. The van der Waals surface area contributed by atoms with Crippen molar-refractivity contribution in [1.82, 2.24) is 0 Å². The Morgan fingerprint density at radius 3 is 2.67 bits per heavy atom. The molecule has 0 aromatic carbocycles. The minimum atomic E-state index is -1.04. The summed E-state index contributed by atoms with van der Waals surface area (Å²) in [6.07, 6.45) is 1.08. The van der Waals surface area contributed by atoms with Gasteiger partial charge in [0, 0.05) is 4.88 Å². The second kappa shape index (κ2) is 3.66. The Balaban J connectivity index is 2.43. The van der Waals surface area contributed by atoms with E-state index in [4.69, 9.17) is 10.2 Å². The van der Waals surface area contributed by atoms with Crippen molar-refractivity contribution in [2.24, 2.45) is 5.92 Å². The van der Waals surface area contributed by atoms with Crippen molar-refractivity contribution in [3.63, 3.8) is 0 Å². The summed E-state index contributed by atoms with van der Waals surface area (Å²) in [6, 6.07) is 1.88. The lowest BCUT2D eigenvalue weighted by Crippen LogP contribution is -2.31. The quantitative estimate of drug-likeness (QED) is 0.802. The fourth-order valence-corrected chi connectivity index (χ4v) is 3.15. The monoisotopic (exact) mass is 226 g/mol. The third-order valence-corrected chi connectivity index (χ3v) is 3.82. The summed E-state index contributed by atoms with van der Waals surface area (Å²) in [6.45, 7) is 0. The number of hydrogen-bond acceptors (Lipinski definition) is 3. The summed E-state index contributed by atoms with van der Waals surface area (Å²) in [4.78, 5) is 22.7. The highest BCUT2D eigenvalue weighted by molar-refractivity contribution is 7.10. The fraction of sp³-hybridized carbons (Fsp3) is 0.400. The summed E-state index contributed by atoms with van der Waals surface area (Å²) in [5.41, 5.74) is 0.991. The van der Waals surface area contributed by atoms with Gasteiger partial charge in [-0.2, -0.15) is 0 Å². The number of aryl methyl sites for hydroxylation is 1. The van der Waals surface area contributed by atoms with E-state index in [2.05, 4.69) is 0 Å². The van der Waals surface area contributed by atoms with Gasteiger partial charge in [-0.25, -0.2) is 0 Å². The Kier molecular flexibility index (Phi) is 2.48. The van der Waals surface area contributed by atoms with Crippen molar-refractivity contribution >= 4 is 23.3 Å².